The smallest absolute Gasteiger partial charge is 0.147 e. The van der Waals surface area contributed by atoms with Crippen LogP contribution < -0.4 is 5.32 Å². The quantitative estimate of drug-likeness (QED) is 0.687. The molecule has 1 N–H and O–H groups in total. The lowest BCUT2D eigenvalue weighted by molar-refractivity contribution is 0.525. The number of aryl methyl sites for hydroxylation is 2. The zero-order chi connectivity index (χ0) is 11.8. The number of nitrogens with one attached hydrogen (secondary N) is 1. The van der Waals surface area contributed by atoms with Crippen molar-refractivity contribution in [3.05, 3.63) is 11.6 Å². The van der Waals surface area contributed by atoms with Crippen molar-refractivity contribution in [3.63, 3.8) is 0 Å². The molecule has 1 aromatic heterocycles. The summed E-state index contributed by atoms with van der Waals surface area (Å²) >= 11 is 0. The first-order valence-corrected chi connectivity index (χ1v) is 6.32. The Morgan fingerprint density at radius 2 is 1.94 bits per heavy atom. The molecule has 92 valence electrons. The Balaban J connectivity index is 2.05. The summed E-state index contributed by atoms with van der Waals surface area (Å²) in [5, 5.41) is 7.76. The monoisotopic (exact) mass is 224 g/mol. The highest BCUT2D eigenvalue weighted by atomic mass is 15.3. The van der Waals surface area contributed by atoms with Crippen molar-refractivity contribution in [3.8, 4) is 0 Å². The second-order valence-electron chi connectivity index (χ2n) is 4.24. The molecule has 0 aliphatic rings. The molecule has 0 unspecified atom stereocenters. The van der Waals surface area contributed by atoms with Crippen LogP contribution in [0.15, 0.2) is 0 Å². The summed E-state index contributed by atoms with van der Waals surface area (Å²) in [6, 6.07) is 0. The Morgan fingerprint density at radius 3 is 2.56 bits per heavy atom. The van der Waals surface area contributed by atoms with Gasteiger partial charge in [0.05, 0.1) is 6.54 Å². The van der Waals surface area contributed by atoms with Crippen LogP contribution in [0.2, 0.25) is 0 Å². The molecule has 0 fully saturated rings. The minimum atomic E-state index is 0.862. The van der Waals surface area contributed by atoms with E-state index in [-0.39, 0.29) is 0 Å². The highest BCUT2D eigenvalue weighted by Gasteiger charge is 2.00. The van der Waals surface area contributed by atoms with Gasteiger partial charge < -0.3 is 5.32 Å². The van der Waals surface area contributed by atoms with Gasteiger partial charge >= 0.3 is 0 Å². The Hall–Kier alpha value is -0.900. The van der Waals surface area contributed by atoms with E-state index in [1.54, 1.807) is 0 Å². The fourth-order valence-corrected chi connectivity index (χ4v) is 1.76. The number of aromatic nitrogens is 3. The predicted octanol–water partition coefficient (Wildman–Crippen LogP) is 2.06. The molecular weight excluding hydrogens is 200 g/mol. The minimum Gasteiger partial charge on any atom is -0.315 e. The molecule has 1 heterocycles. The van der Waals surface area contributed by atoms with Gasteiger partial charge in [0.15, 0.2) is 0 Å². The maximum atomic E-state index is 4.32. The molecule has 0 spiro atoms. The third-order valence-electron chi connectivity index (χ3n) is 2.67. The lowest BCUT2D eigenvalue weighted by Crippen LogP contribution is -2.22. The van der Waals surface area contributed by atoms with Crippen LogP contribution in [0.3, 0.4) is 0 Å². The van der Waals surface area contributed by atoms with Crippen LogP contribution in [0.1, 0.15) is 44.3 Å². The first kappa shape index (κ1) is 13.2. The second-order valence-corrected chi connectivity index (χ2v) is 4.24. The molecule has 0 radical (unpaired) electrons. The van der Waals surface area contributed by atoms with Gasteiger partial charge in [-0.1, -0.05) is 26.2 Å². The molecule has 0 aliphatic heterocycles. The average molecular weight is 224 g/mol. The van der Waals surface area contributed by atoms with E-state index in [0.717, 1.165) is 31.3 Å². The van der Waals surface area contributed by atoms with Gasteiger partial charge in [-0.2, -0.15) is 5.10 Å². The minimum absolute atomic E-state index is 0.862. The van der Waals surface area contributed by atoms with Crippen molar-refractivity contribution >= 4 is 0 Å². The van der Waals surface area contributed by atoms with E-state index in [1.165, 1.54) is 25.7 Å². The Bertz CT molecular complexity index is 293. The Kier molecular flexibility index (Phi) is 6.08. The lowest BCUT2D eigenvalue weighted by atomic mass is 10.2. The third kappa shape index (κ3) is 4.75. The largest absolute Gasteiger partial charge is 0.315 e. The molecule has 0 saturated heterocycles. The van der Waals surface area contributed by atoms with E-state index in [4.69, 9.17) is 0 Å². The van der Waals surface area contributed by atoms with Crippen molar-refractivity contribution < 1.29 is 0 Å². The van der Waals surface area contributed by atoms with Crippen molar-refractivity contribution in [2.24, 2.45) is 0 Å². The SMILES string of the molecule is CCCCCCNCCn1nc(C)nc1C. The Morgan fingerprint density at radius 1 is 1.12 bits per heavy atom. The summed E-state index contributed by atoms with van der Waals surface area (Å²) in [7, 11) is 0. The van der Waals surface area contributed by atoms with Crippen LogP contribution in [-0.2, 0) is 6.54 Å². The van der Waals surface area contributed by atoms with Gasteiger partial charge in [-0.15, -0.1) is 0 Å². The van der Waals surface area contributed by atoms with Crippen LogP contribution in [0, 0.1) is 13.8 Å². The van der Waals surface area contributed by atoms with Crippen molar-refractivity contribution in [1.29, 1.82) is 0 Å². The number of hydrogen-bond donors (Lipinski definition) is 1. The summed E-state index contributed by atoms with van der Waals surface area (Å²) < 4.78 is 1.97. The lowest BCUT2D eigenvalue weighted by Gasteiger charge is -2.05. The van der Waals surface area contributed by atoms with E-state index in [9.17, 15) is 0 Å². The van der Waals surface area contributed by atoms with Gasteiger partial charge in [0.1, 0.15) is 11.6 Å². The van der Waals surface area contributed by atoms with E-state index in [2.05, 4.69) is 22.3 Å². The first-order chi connectivity index (χ1) is 7.74. The maximum absolute atomic E-state index is 4.32. The van der Waals surface area contributed by atoms with Crippen molar-refractivity contribution in [1.82, 2.24) is 20.1 Å². The first-order valence-electron chi connectivity index (χ1n) is 6.32. The zero-order valence-electron chi connectivity index (χ0n) is 10.8. The summed E-state index contributed by atoms with van der Waals surface area (Å²) in [6.45, 7) is 9.19. The normalized spacial score (nSPS) is 10.9. The number of rotatable bonds is 8. The van der Waals surface area contributed by atoms with E-state index in [1.807, 2.05) is 18.5 Å². The standard InChI is InChI=1S/C12H24N4/c1-4-5-6-7-8-13-9-10-16-12(3)14-11(2)15-16/h13H,4-10H2,1-3H3. The molecule has 4 heteroatoms. The average Bonchev–Trinajstić information content (AvgIpc) is 2.56. The van der Waals surface area contributed by atoms with Gasteiger partial charge in [0.25, 0.3) is 0 Å². The fourth-order valence-electron chi connectivity index (χ4n) is 1.76. The summed E-state index contributed by atoms with van der Waals surface area (Å²) in [5.74, 6) is 1.87. The zero-order valence-corrected chi connectivity index (χ0v) is 10.8. The number of hydrogen-bond acceptors (Lipinski definition) is 3. The molecule has 16 heavy (non-hydrogen) atoms. The van der Waals surface area contributed by atoms with E-state index in [0.29, 0.717) is 0 Å². The van der Waals surface area contributed by atoms with Crippen LogP contribution in [0.5, 0.6) is 0 Å². The van der Waals surface area contributed by atoms with Gasteiger partial charge in [0, 0.05) is 6.54 Å². The fraction of sp³-hybridized carbons (Fsp3) is 0.833. The van der Waals surface area contributed by atoms with Gasteiger partial charge in [-0.25, -0.2) is 9.67 Å². The summed E-state index contributed by atoms with van der Waals surface area (Å²) in [6.07, 6.45) is 5.27. The molecule has 0 aromatic carbocycles. The molecule has 1 aromatic rings. The Labute approximate surface area is 98.5 Å². The topological polar surface area (TPSA) is 42.7 Å². The van der Waals surface area contributed by atoms with Crippen molar-refractivity contribution in [2.45, 2.75) is 53.0 Å². The van der Waals surface area contributed by atoms with E-state index >= 15 is 0 Å². The van der Waals surface area contributed by atoms with Gasteiger partial charge in [-0.05, 0) is 26.8 Å². The van der Waals surface area contributed by atoms with Crippen LogP contribution >= 0.6 is 0 Å². The van der Waals surface area contributed by atoms with Gasteiger partial charge in [0.2, 0.25) is 0 Å². The van der Waals surface area contributed by atoms with E-state index < -0.39 is 0 Å². The summed E-state index contributed by atoms with van der Waals surface area (Å²) in [5.41, 5.74) is 0. The third-order valence-corrected chi connectivity index (χ3v) is 2.67. The van der Waals surface area contributed by atoms with Gasteiger partial charge in [-0.3, -0.25) is 0 Å². The highest BCUT2D eigenvalue weighted by molar-refractivity contribution is 4.87. The number of nitrogens with zero attached hydrogens (tertiary/aromatic N) is 3. The van der Waals surface area contributed by atoms with Crippen molar-refractivity contribution in [2.75, 3.05) is 13.1 Å². The van der Waals surface area contributed by atoms with Crippen LogP contribution in [0.25, 0.3) is 0 Å². The molecule has 0 atom stereocenters. The molecule has 0 bridgehead atoms. The van der Waals surface area contributed by atoms with Crippen LogP contribution in [0.4, 0.5) is 0 Å². The van der Waals surface area contributed by atoms with Crippen LogP contribution in [-0.4, -0.2) is 27.9 Å². The molecule has 4 nitrogen and oxygen atoms in total. The molecule has 0 aliphatic carbocycles. The number of unbranched alkanes of at least 4 members (excludes halogenated alkanes) is 3. The second kappa shape index (κ2) is 7.39. The highest BCUT2D eigenvalue weighted by Crippen LogP contribution is 1.97. The molecular formula is C12H24N4. The summed E-state index contributed by atoms with van der Waals surface area (Å²) in [4.78, 5) is 4.27. The maximum Gasteiger partial charge on any atom is 0.147 e. The molecule has 0 amide bonds. The molecule has 1 rings (SSSR count). The predicted molar refractivity (Wildman–Crippen MR) is 66.5 cm³/mol. The molecule has 0 saturated carbocycles.